The molecule has 2 aromatic carbocycles. The fourth-order valence-electron chi connectivity index (χ4n) is 3.81. The number of rotatable bonds is 8. The molecule has 0 aliphatic carbocycles. The Morgan fingerprint density at radius 3 is 2.47 bits per heavy atom. The lowest BCUT2D eigenvalue weighted by molar-refractivity contribution is 0.0170. The average Bonchev–Trinajstić information content (AvgIpc) is 2.81. The largest absolute Gasteiger partial charge is 0.493 e. The molecule has 7 nitrogen and oxygen atoms in total. The Morgan fingerprint density at radius 2 is 1.81 bits per heavy atom. The van der Waals surface area contributed by atoms with Crippen molar-refractivity contribution in [2.75, 3.05) is 54.1 Å². The molecule has 1 aliphatic heterocycles. The molecule has 1 heterocycles. The maximum Gasteiger partial charge on any atom is 0.191 e. The highest BCUT2D eigenvalue weighted by Gasteiger charge is 2.23. The molecule has 0 radical (unpaired) electrons. The number of morpholine rings is 1. The normalized spacial score (nSPS) is 15.4. The van der Waals surface area contributed by atoms with Crippen molar-refractivity contribution < 1.29 is 14.2 Å². The van der Waals surface area contributed by atoms with Crippen LogP contribution in [-0.2, 0) is 11.3 Å². The number of nitrogens with zero attached hydrogens (tertiary/aromatic N) is 2. The molecule has 0 amide bonds. The first-order valence-corrected chi connectivity index (χ1v) is 10.7. The van der Waals surface area contributed by atoms with Gasteiger partial charge in [-0.15, -0.1) is 24.0 Å². The van der Waals surface area contributed by atoms with E-state index < -0.39 is 0 Å². The molecule has 1 saturated heterocycles. The standard InChI is InChI=1S/C24H34N4O3.HI/c1-18-6-5-7-20(14-18)21(28-10-12-31-13-11-28)17-27-24(25-2)26-16-19-8-9-22(29-3)23(15-19)30-4;/h5-9,14-15,21H,10-13,16-17H2,1-4H3,(H2,25,26,27);1H. The van der Waals surface area contributed by atoms with E-state index in [2.05, 4.69) is 51.7 Å². The minimum absolute atomic E-state index is 0. The van der Waals surface area contributed by atoms with Crippen LogP contribution in [0, 0.1) is 6.92 Å². The summed E-state index contributed by atoms with van der Waals surface area (Å²) in [4.78, 5) is 6.88. The summed E-state index contributed by atoms with van der Waals surface area (Å²) in [7, 11) is 5.08. The molecule has 8 heteroatoms. The van der Waals surface area contributed by atoms with E-state index >= 15 is 0 Å². The zero-order chi connectivity index (χ0) is 22.1. The number of methoxy groups -OCH3 is 2. The van der Waals surface area contributed by atoms with E-state index in [-0.39, 0.29) is 30.0 Å². The highest BCUT2D eigenvalue weighted by Crippen LogP contribution is 2.27. The number of hydrogen-bond acceptors (Lipinski definition) is 5. The molecule has 0 spiro atoms. The number of aryl methyl sites for hydroxylation is 1. The lowest BCUT2D eigenvalue weighted by Crippen LogP contribution is -2.46. The summed E-state index contributed by atoms with van der Waals surface area (Å²) in [5.74, 6) is 2.21. The van der Waals surface area contributed by atoms with Crippen LogP contribution in [0.1, 0.15) is 22.7 Å². The fourth-order valence-corrected chi connectivity index (χ4v) is 3.81. The number of hydrogen-bond donors (Lipinski definition) is 2. The van der Waals surface area contributed by atoms with Gasteiger partial charge in [0.1, 0.15) is 0 Å². The molecule has 1 aliphatic rings. The summed E-state index contributed by atoms with van der Waals surface area (Å²) in [6, 6.07) is 14.9. The van der Waals surface area contributed by atoms with E-state index in [1.165, 1.54) is 11.1 Å². The Kier molecular flexibility index (Phi) is 11.1. The maximum atomic E-state index is 5.56. The topological polar surface area (TPSA) is 67.4 Å². The van der Waals surface area contributed by atoms with Gasteiger partial charge in [0.25, 0.3) is 0 Å². The zero-order valence-electron chi connectivity index (χ0n) is 19.4. The number of guanidine groups is 1. The first-order valence-electron chi connectivity index (χ1n) is 10.7. The van der Waals surface area contributed by atoms with Crippen molar-refractivity contribution in [3.8, 4) is 11.5 Å². The van der Waals surface area contributed by atoms with E-state index in [9.17, 15) is 0 Å². The molecule has 32 heavy (non-hydrogen) atoms. The van der Waals surface area contributed by atoms with Crippen LogP contribution < -0.4 is 20.1 Å². The van der Waals surface area contributed by atoms with Crippen molar-refractivity contribution in [3.63, 3.8) is 0 Å². The van der Waals surface area contributed by atoms with Gasteiger partial charge in [-0.2, -0.15) is 0 Å². The van der Waals surface area contributed by atoms with Crippen LogP contribution in [0.4, 0.5) is 0 Å². The zero-order valence-corrected chi connectivity index (χ0v) is 21.7. The Hall–Kier alpha value is -2.04. The third kappa shape index (κ3) is 7.25. The van der Waals surface area contributed by atoms with Gasteiger partial charge in [0.15, 0.2) is 17.5 Å². The highest BCUT2D eigenvalue weighted by molar-refractivity contribution is 14.0. The van der Waals surface area contributed by atoms with Crippen LogP contribution >= 0.6 is 24.0 Å². The molecule has 0 saturated carbocycles. The Labute approximate surface area is 208 Å². The van der Waals surface area contributed by atoms with Gasteiger partial charge in [-0.3, -0.25) is 9.89 Å². The summed E-state index contributed by atoms with van der Waals surface area (Å²) >= 11 is 0. The van der Waals surface area contributed by atoms with Crippen molar-refractivity contribution in [1.29, 1.82) is 0 Å². The second-order valence-electron chi connectivity index (χ2n) is 7.57. The predicted octanol–water partition coefficient (Wildman–Crippen LogP) is 3.37. The van der Waals surface area contributed by atoms with E-state index in [0.29, 0.717) is 6.54 Å². The van der Waals surface area contributed by atoms with Crippen molar-refractivity contribution >= 4 is 29.9 Å². The van der Waals surface area contributed by atoms with Gasteiger partial charge in [0.05, 0.1) is 33.5 Å². The number of nitrogens with one attached hydrogen (secondary N) is 2. The van der Waals surface area contributed by atoms with Crippen LogP contribution in [0.15, 0.2) is 47.5 Å². The quantitative estimate of drug-likeness (QED) is 0.297. The molecule has 0 aromatic heterocycles. The van der Waals surface area contributed by atoms with Crippen LogP contribution in [0.2, 0.25) is 0 Å². The molecular weight excluding hydrogens is 519 g/mol. The van der Waals surface area contributed by atoms with Gasteiger partial charge in [-0.25, -0.2) is 0 Å². The highest BCUT2D eigenvalue weighted by atomic mass is 127. The number of aliphatic imine (C=N–C) groups is 1. The minimum Gasteiger partial charge on any atom is -0.493 e. The maximum absolute atomic E-state index is 5.56. The molecule has 2 aromatic rings. The third-order valence-electron chi connectivity index (χ3n) is 5.51. The van der Waals surface area contributed by atoms with E-state index in [0.717, 1.165) is 55.9 Å². The molecule has 1 unspecified atom stereocenters. The lowest BCUT2D eigenvalue weighted by atomic mass is 10.0. The molecule has 3 rings (SSSR count). The van der Waals surface area contributed by atoms with Gasteiger partial charge < -0.3 is 24.8 Å². The number of benzene rings is 2. The minimum atomic E-state index is 0. The van der Waals surface area contributed by atoms with Crippen molar-refractivity contribution in [3.05, 3.63) is 59.2 Å². The molecule has 1 atom stereocenters. The second kappa shape index (κ2) is 13.5. The second-order valence-corrected chi connectivity index (χ2v) is 7.57. The summed E-state index contributed by atoms with van der Waals surface area (Å²) in [5, 5.41) is 6.90. The van der Waals surface area contributed by atoms with Crippen LogP contribution in [-0.4, -0.2) is 65.0 Å². The summed E-state index contributed by atoms with van der Waals surface area (Å²) in [5.41, 5.74) is 3.67. The third-order valence-corrected chi connectivity index (χ3v) is 5.51. The average molecular weight is 554 g/mol. The van der Waals surface area contributed by atoms with Crippen LogP contribution in [0.5, 0.6) is 11.5 Å². The first-order chi connectivity index (χ1) is 15.1. The molecule has 1 fully saturated rings. The van der Waals surface area contributed by atoms with Crippen molar-refractivity contribution in [1.82, 2.24) is 15.5 Å². The van der Waals surface area contributed by atoms with Gasteiger partial charge in [0.2, 0.25) is 0 Å². The lowest BCUT2D eigenvalue weighted by Gasteiger charge is -2.35. The summed E-state index contributed by atoms with van der Waals surface area (Å²) < 4.78 is 16.3. The number of ether oxygens (including phenoxy) is 3. The van der Waals surface area contributed by atoms with E-state index in [4.69, 9.17) is 14.2 Å². The van der Waals surface area contributed by atoms with Crippen LogP contribution in [0.25, 0.3) is 0 Å². The monoisotopic (exact) mass is 554 g/mol. The van der Waals surface area contributed by atoms with Gasteiger partial charge in [-0.1, -0.05) is 35.9 Å². The van der Waals surface area contributed by atoms with Gasteiger partial charge in [-0.05, 0) is 30.2 Å². The molecule has 2 N–H and O–H groups in total. The van der Waals surface area contributed by atoms with E-state index in [1.54, 1.807) is 21.3 Å². The molecule has 0 bridgehead atoms. The molecule has 176 valence electrons. The van der Waals surface area contributed by atoms with Crippen molar-refractivity contribution in [2.24, 2.45) is 4.99 Å². The summed E-state index contributed by atoms with van der Waals surface area (Å²) in [6.45, 7) is 6.93. The van der Waals surface area contributed by atoms with Crippen molar-refractivity contribution in [2.45, 2.75) is 19.5 Å². The van der Waals surface area contributed by atoms with E-state index in [1.807, 2.05) is 18.2 Å². The SMILES string of the molecule is CN=C(NCc1ccc(OC)c(OC)c1)NCC(c1cccc(C)c1)N1CCOCC1.I. The first kappa shape index (κ1) is 26.2. The van der Waals surface area contributed by atoms with Gasteiger partial charge >= 0.3 is 0 Å². The molecular formula is C24H35IN4O3. The Morgan fingerprint density at radius 1 is 1.06 bits per heavy atom. The van der Waals surface area contributed by atoms with Crippen LogP contribution in [0.3, 0.4) is 0 Å². The van der Waals surface area contributed by atoms with Gasteiger partial charge in [0, 0.05) is 33.2 Å². The Balaban J connectivity index is 0.00000363. The fraction of sp³-hybridized carbons (Fsp3) is 0.458. The summed E-state index contributed by atoms with van der Waals surface area (Å²) in [6.07, 6.45) is 0. The smallest absolute Gasteiger partial charge is 0.191 e. The number of halogens is 1. The Bertz CT molecular complexity index is 872. The predicted molar refractivity (Wildman–Crippen MR) is 139 cm³/mol.